The van der Waals surface area contributed by atoms with Crippen LogP contribution in [0.1, 0.15) is 96.3 Å². The molecule has 1 heterocycles. The first-order valence-electron chi connectivity index (χ1n) is 16.0. The van der Waals surface area contributed by atoms with Gasteiger partial charge >= 0.3 is 0 Å². The van der Waals surface area contributed by atoms with Gasteiger partial charge in [-0.25, -0.2) is 0 Å². The summed E-state index contributed by atoms with van der Waals surface area (Å²) in [7, 11) is 0. The lowest BCUT2D eigenvalue weighted by Crippen LogP contribution is -2.52. The molecule has 8 bridgehead atoms. The zero-order valence-corrected chi connectivity index (χ0v) is 23.0. The van der Waals surface area contributed by atoms with Crippen molar-refractivity contribution >= 4 is 28.9 Å². The van der Waals surface area contributed by atoms with Gasteiger partial charge in [0.25, 0.3) is 0 Å². The number of hydrogen-bond acceptors (Lipinski definition) is 3. The Morgan fingerprint density at radius 3 is 1.55 bits per heavy atom. The molecule has 0 unspecified atom stereocenters. The minimum Gasteiger partial charge on any atom is -0.370 e. The Bertz CT molecular complexity index is 1060. The number of benzene rings is 1. The maximum absolute atomic E-state index is 14.0. The van der Waals surface area contributed by atoms with Crippen LogP contribution in [0.3, 0.4) is 0 Å². The molecule has 1 aromatic carbocycles. The summed E-state index contributed by atoms with van der Waals surface area (Å²) in [5.41, 5.74) is 2.56. The smallest absolute Gasteiger partial charge is 0.230 e. The maximum atomic E-state index is 14.0. The SMILES string of the molecule is O=C(Nc1ccc(N2CCCCC2)c(NC(=O)C23CC4CC(CC(C4)C2)C3)c1)C12CC3CC(CC(C3)C1)C2. The molecular formula is C33H45N3O2. The molecule has 1 aliphatic heterocycles. The molecule has 5 nitrogen and oxygen atoms in total. The third-order valence-corrected chi connectivity index (χ3v) is 12.2. The minimum atomic E-state index is -0.174. The molecule has 9 fully saturated rings. The number of amides is 2. The molecule has 9 aliphatic rings. The highest BCUT2D eigenvalue weighted by Gasteiger charge is 2.56. The molecule has 0 atom stereocenters. The average Bonchev–Trinajstić information content (AvgIpc) is 2.88. The maximum Gasteiger partial charge on any atom is 0.230 e. The van der Waals surface area contributed by atoms with E-state index in [1.165, 1.54) is 57.8 Å². The number of nitrogens with zero attached hydrogens (tertiary/aromatic N) is 1. The van der Waals surface area contributed by atoms with Crippen molar-refractivity contribution < 1.29 is 9.59 Å². The van der Waals surface area contributed by atoms with E-state index < -0.39 is 0 Å². The number of rotatable bonds is 5. The van der Waals surface area contributed by atoms with Crippen LogP contribution in [-0.4, -0.2) is 24.9 Å². The van der Waals surface area contributed by atoms with E-state index >= 15 is 0 Å². The van der Waals surface area contributed by atoms with Crippen LogP contribution in [0.15, 0.2) is 18.2 Å². The Balaban J connectivity index is 1.06. The Kier molecular flexibility index (Phi) is 5.47. The molecule has 8 aliphatic carbocycles. The summed E-state index contributed by atoms with van der Waals surface area (Å²) in [6.07, 6.45) is 18.2. The molecule has 1 aromatic rings. The van der Waals surface area contributed by atoms with Gasteiger partial charge in [0.05, 0.1) is 22.2 Å². The lowest BCUT2D eigenvalue weighted by Gasteiger charge is -2.55. The van der Waals surface area contributed by atoms with E-state index in [1.807, 2.05) is 0 Å². The number of carbonyl (C=O) groups excluding carboxylic acids is 2. The molecule has 8 saturated carbocycles. The van der Waals surface area contributed by atoms with Gasteiger partial charge in [0.1, 0.15) is 0 Å². The summed E-state index contributed by atoms with van der Waals surface area (Å²) in [6, 6.07) is 6.33. The molecular weight excluding hydrogens is 470 g/mol. The van der Waals surface area contributed by atoms with Crippen molar-refractivity contribution in [2.45, 2.75) is 96.3 Å². The van der Waals surface area contributed by atoms with Crippen LogP contribution in [0.5, 0.6) is 0 Å². The molecule has 1 saturated heterocycles. The van der Waals surface area contributed by atoms with E-state index in [1.54, 1.807) is 0 Å². The Morgan fingerprint density at radius 1 is 0.632 bits per heavy atom. The third-order valence-electron chi connectivity index (χ3n) is 12.2. The van der Waals surface area contributed by atoms with Gasteiger partial charge in [0.15, 0.2) is 0 Å². The second-order valence-corrected chi connectivity index (χ2v) is 15.1. The van der Waals surface area contributed by atoms with E-state index in [-0.39, 0.29) is 22.6 Å². The molecule has 204 valence electrons. The fourth-order valence-corrected chi connectivity index (χ4v) is 11.4. The topological polar surface area (TPSA) is 61.4 Å². The van der Waals surface area contributed by atoms with Gasteiger partial charge in [-0.1, -0.05) is 0 Å². The average molecular weight is 516 g/mol. The Hall–Kier alpha value is -2.04. The molecule has 2 amide bonds. The van der Waals surface area contributed by atoms with Crippen molar-refractivity contribution in [1.82, 2.24) is 0 Å². The number of nitrogens with one attached hydrogen (secondary N) is 2. The summed E-state index contributed by atoms with van der Waals surface area (Å²) in [5.74, 6) is 4.99. The summed E-state index contributed by atoms with van der Waals surface area (Å²) in [6.45, 7) is 2.08. The third kappa shape index (κ3) is 3.92. The van der Waals surface area contributed by atoms with E-state index in [0.29, 0.717) is 0 Å². The first-order chi connectivity index (χ1) is 18.5. The number of piperidine rings is 1. The van der Waals surface area contributed by atoms with Gasteiger partial charge in [0, 0.05) is 18.8 Å². The normalized spacial score (nSPS) is 42.4. The van der Waals surface area contributed by atoms with Crippen LogP contribution in [-0.2, 0) is 9.59 Å². The predicted octanol–water partition coefficient (Wildman–Crippen LogP) is 6.99. The molecule has 38 heavy (non-hydrogen) atoms. The Morgan fingerprint density at radius 2 is 1.08 bits per heavy atom. The van der Waals surface area contributed by atoms with E-state index in [2.05, 4.69) is 33.7 Å². The number of carbonyl (C=O) groups is 2. The minimum absolute atomic E-state index is 0.164. The van der Waals surface area contributed by atoms with Crippen LogP contribution in [0.2, 0.25) is 0 Å². The van der Waals surface area contributed by atoms with Crippen molar-refractivity contribution in [2.75, 3.05) is 28.6 Å². The fourth-order valence-electron chi connectivity index (χ4n) is 11.4. The zero-order valence-electron chi connectivity index (χ0n) is 23.0. The summed E-state index contributed by atoms with van der Waals surface area (Å²) in [5, 5.41) is 6.85. The molecule has 5 heteroatoms. The standard InChI is InChI=1S/C33H45N3O2/c37-30(32-15-21-8-22(16-32)10-23(9-21)17-32)34-27-4-5-29(36-6-2-1-3-7-36)28(14-27)35-31(38)33-18-24-11-25(19-33)13-26(12-24)20-33/h4-5,14,21-26H,1-3,6-13,15-20H2,(H,34,37)(H,35,38). The van der Waals surface area contributed by atoms with Crippen LogP contribution in [0.25, 0.3) is 0 Å². The molecule has 10 rings (SSSR count). The van der Waals surface area contributed by atoms with Gasteiger partial charge in [0.2, 0.25) is 11.8 Å². The van der Waals surface area contributed by atoms with E-state index in [4.69, 9.17) is 0 Å². The Labute approximate surface area is 227 Å². The molecule has 0 aromatic heterocycles. The van der Waals surface area contributed by atoms with Gasteiger partial charge < -0.3 is 15.5 Å². The fraction of sp³-hybridized carbons (Fsp3) is 0.758. The summed E-state index contributed by atoms with van der Waals surface area (Å²) in [4.78, 5) is 30.3. The molecule has 2 N–H and O–H groups in total. The van der Waals surface area contributed by atoms with Crippen molar-refractivity contribution in [3.05, 3.63) is 18.2 Å². The summed E-state index contributed by atoms with van der Waals surface area (Å²) < 4.78 is 0. The van der Waals surface area contributed by atoms with Crippen LogP contribution >= 0.6 is 0 Å². The second-order valence-electron chi connectivity index (χ2n) is 15.1. The zero-order chi connectivity index (χ0) is 25.5. The van der Waals surface area contributed by atoms with Crippen LogP contribution < -0.4 is 15.5 Å². The molecule has 0 radical (unpaired) electrons. The van der Waals surface area contributed by atoms with Crippen LogP contribution in [0, 0.1) is 46.3 Å². The van der Waals surface area contributed by atoms with Gasteiger partial charge in [-0.3, -0.25) is 9.59 Å². The highest BCUT2D eigenvalue weighted by molar-refractivity contribution is 6.01. The van der Waals surface area contributed by atoms with Gasteiger partial charge in [-0.15, -0.1) is 0 Å². The second kappa shape index (κ2) is 8.73. The van der Waals surface area contributed by atoms with E-state index in [0.717, 1.165) is 104 Å². The first kappa shape index (κ1) is 23.8. The van der Waals surface area contributed by atoms with Crippen molar-refractivity contribution in [3.63, 3.8) is 0 Å². The van der Waals surface area contributed by atoms with Crippen molar-refractivity contribution in [2.24, 2.45) is 46.3 Å². The quantitative estimate of drug-likeness (QED) is 0.444. The lowest BCUT2D eigenvalue weighted by atomic mass is 9.49. The van der Waals surface area contributed by atoms with E-state index in [9.17, 15) is 9.59 Å². The van der Waals surface area contributed by atoms with Gasteiger partial charge in [-0.2, -0.15) is 0 Å². The highest BCUT2D eigenvalue weighted by atomic mass is 16.2. The van der Waals surface area contributed by atoms with Crippen molar-refractivity contribution in [3.8, 4) is 0 Å². The summed E-state index contributed by atoms with van der Waals surface area (Å²) >= 11 is 0. The van der Waals surface area contributed by atoms with Gasteiger partial charge in [-0.05, 0) is 150 Å². The predicted molar refractivity (Wildman–Crippen MR) is 151 cm³/mol. The van der Waals surface area contributed by atoms with Crippen molar-refractivity contribution in [1.29, 1.82) is 0 Å². The monoisotopic (exact) mass is 515 g/mol. The lowest BCUT2D eigenvalue weighted by molar-refractivity contribution is -0.140. The number of hydrogen-bond donors (Lipinski definition) is 2. The molecule has 0 spiro atoms. The largest absolute Gasteiger partial charge is 0.370 e. The first-order valence-corrected chi connectivity index (χ1v) is 16.0. The highest BCUT2D eigenvalue weighted by Crippen LogP contribution is 2.61. The number of anilines is 3. The van der Waals surface area contributed by atoms with Crippen LogP contribution in [0.4, 0.5) is 17.1 Å².